The number of anilines is 1. The maximum Gasteiger partial charge on any atom is 0.198 e. The lowest BCUT2D eigenvalue weighted by Gasteiger charge is -2.38. The van der Waals surface area contributed by atoms with Crippen molar-refractivity contribution in [2.24, 2.45) is 11.7 Å². The number of piperidine rings is 1. The average molecular weight is 332 g/mol. The molecule has 1 aliphatic rings. The number of hydrogen-bond acceptors (Lipinski definition) is 3. The summed E-state index contributed by atoms with van der Waals surface area (Å²) in [5.41, 5.74) is 6.74. The molecule has 1 unspecified atom stereocenters. The van der Waals surface area contributed by atoms with Gasteiger partial charge >= 0.3 is 0 Å². The monoisotopic (exact) mass is 332 g/mol. The molecule has 1 aromatic carbocycles. The molecule has 134 valence electrons. The van der Waals surface area contributed by atoms with E-state index in [0.29, 0.717) is 18.4 Å². The number of likely N-dealkylation sites (tertiary alicyclic amines) is 1. The highest BCUT2D eigenvalue weighted by atomic mass is 16.5. The second kappa shape index (κ2) is 9.52. The maximum atomic E-state index is 8.69. The van der Waals surface area contributed by atoms with E-state index in [1.165, 1.54) is 6.42 Å². The molecule has 1 atom stereocenters. The molecule has 1 fully saturated rings. The lowest BCUT2D eigenvalue weighted by Crippen LogP contribution is -2.48. The average Bonchev–Trinajstić information content (AvgIpc) is 2.61. The molecule has 0 aromatic heterocycles. The predicted molar refractivity (Wildman–Crippen MR) is 101 cm³/mol. The van der Waals surface area contributed by atoms with Crippen LogP contribution >= 0.6 is 0 Å². The number of benzene rings is 1. The SMILES string of the molecule is CCCOc1ccc(N(CCCN)C(=N)N2CCCC(C)C2)cc1. The molecule has 1 heterocycles. The van der Waals surface area contributed by atoms with E-state index in [1.807, 2.05) is 24.3 Å². The van der Waals surface area contributed by atoms with Crippen LogP contribution in [0.15, 0.2) is 24.3 Å². The van der Waals surface area contributed by atoms with Crippen molar-refractivity contribution in [2.45, 2.75) is 39.5 Å². The Morgan fingerprint density at radius 1 is 1.38 bits per heavy atom. The normalized spacial score (nSPS) is 17.6. The van der Waals surface area contributed by atoms with Gasteiger partial charge in [-0.05, 0) is 62.4 Å². The van der Waals surface area contributed by atoms with Gasteiger partial charge in [-0.3, -0.25) is 5.41 Å². The summed E-state index contributed by atoms with van der Waals surface area (Å²) in [4.78, 5) is 4.28. The molecule has 0 radical (unpaired) electrons. The van der Waals surface area contributed by atoms with Gasteiger partial charge in [-0.25, -0.2) is 0 Å². The van der Waals surface area contributed by atoms with Gasteiger partial charge in [-0.2, -0.15) is 0 Å². The van der Waals surface area contributed by atoms with Crippen LogP contribution in [0.5, 0.6) is 5.75 Å². The first-order valence-corrected chi connectivity index (χ1v) is 9.19. The van der Waals surface area contributed by atoms with Crippen LogP contribution < -0.4 is 15.4 Å². The molecular formula is C19H32N4O. The van der Waals surface area contributed by atoms with Crippen molar-refractivity contribution in [3.05, 3.63) is 24.3 Å². The summed E-state index contributed by atoms with van der Waals surface area (Å²) in [6.45, 7) is 8.45. The van der Waals surface area contributed by atoms with E-state index in [1.54, 1.807) is 0 Å². The molecule has 5 nitrogen and oxygen atoms in total. The zero-order chi connectivity index (χ0) is 17.4. The molecule has 1 aliphatic heterocycles. The molecule has 3 N–H and O–H groups in total. The van der Waals surface area contributed by atoms with Crippen LogP contribution in [-0.4, -0.2) is 43.6 Å². The summed E-state index contributed by atoms with van der Waals surface area (Å²) in [5.74, 6) is 2.13. The molecule has 5 heteroatoms. The highest BCUT2D eigenvalue weighted by Gasteiger charge is 2.23. The maximum absolute atomic E-state index is 8.69. The number of nitrogens with two attached hydrogens (primary N) is 1. The standard InChI is InChI=1S/C19H32N4O/c1-3-14-24-18-9-7-17(8-10-18)23(13-5-11-20)19(21)22-12-4-6-16(2)15-22/h7-10,16,21H,3-6,11-15,20H2,1-2H3. The zero-order valence-corrected chi connectivity index (χ0v) is 15.1. The fraction of sp³-hybridized carbons (Fsp3) is 0.632. The van der Waals surface area contributed by atoms with E-state index in [2.05, 4.69) is 23.6 Å². The Morgan fingerprint density at radius 2 is 2.12 bits per heavy atom. The van der Waals surface area contributed by atoms with Gasteiger partial charge in [-0.15, -0.1) is 0 Å². The number of ether oxygens (including phenoxy) is 1. The number of nitrogens with one attached hydrogen (secondary N) is 1. The smallest absolute Gasteiger partial charge is 0.198 e. The van der Waals surface area contributed by atoms with Gasteiger partial charge in [0.25, 0.3) is 0 Å². The first-order valence-electron chi connectivity index (χ1n) is 9.19. The van der Waals surface area contributed by atoms with Gasteiger partial charge in [0.15, 0.2) is 5.96 Å². The molecule has 0 aliphatic carbocycles. The second-order valence-electron chi connectivity index (χ2n) is 6.65. The van der Waals surface area contributed by atoms with Crippen molar-refractivity contribution in [1.29, 1.82) is 5.41 Å². The van der Waals surface area contributed by atoms with Crippen molar-refractivity contribution in [2.75, 3.05) is 37.7 Å². The molecule has 2 rings (SSSR count). The van der Waals surface area contributed by atoms with Crippen LogP contribution in [0.4, 0.5) is 5.69 Å². The number of hydrogen-bond donors (Lipinski definition) is 2. The Hall–Kier alpha value is -1.75. The van der Waals surface area contributed by atoms with Crippen LogP contribution in [0.3, 0.4) is 0 Å². The Morgan fingerprint density at radius 3 is 2.75 bits per heavy atom. The fourth-order valence-electron chi connectivity index (χ4n) is 3.10. The minimum atomic E-state index is 0.595. The van der Waals surface area contributed by atoms with Crippen molar-refractivity contribution in [3.8, 4) is 5.75 Å². The summed E-state index contributed by atoms with van der Waals surface area (Å²) < 4.78 is 5.66. The summed E-state index contributed by atoms with van der Waals surface area (Å²) in [5, 5.41) is 8.69. The topological polar surface area (TPSA) is 65.6 Å². The van der Waals surface area contributed by atoms with E-state index < -0.39 is 0 Å². The zero-order valence-electron chi connectivity index (χ0n) is 15.1. The Labute approximate surface area is 146 Å². The third-order valence-corrected chi connectivity index (χ3v) is 4.42. The van der Waals surface area contributed by atoms with E-state index in [4.69, 9.17) is 15.9 Å². The largest absolute Gasteiger partial charge is 0.494 e. The van der Waals surface area contributed by atoms with Crippen molar-refractivity contribution in [1.82, 2.24) is 4.90 Å². The van der Waals surface area contributed by atoms with E-state index in [0.717, 1.165) is 56.9 Å². The fourth-order valence-corrected chi connectivity index (χ4v) is 3.10. The molecule has 0 bridgehead atoms. The van der Waals surface area contributed by atoms with E-state index >= 15 is 0 Å². The van der Waals surface area contributed by atoms with Gasteiger partial charge < -0.3 is 20.3 Å². The molecule has 0 saturated carbocycles. The molecule has 1 aromatic rings. The first kappa shape index (κ1) is 18.6. The Balaban J connectivity index is 2.10. The highest BCUT2D eigenvalue weighted by molar-refractivity contribution is 5.93. The van der Waals surface area contributed by atoms with Crippen molar-refractivity contribution in [3.63, 3.8) is 0 Å². The second-order valence-corrected chi connectivity index (χ2v) is 6.65. The molecule has 24 heavy (non-hydrogen) atoms. The van der Waals surface area contributed by atoms with Crippen molar-refractivity contribution >= 4 is 11.6 Å². The minimum Gasteiger partial charge on any atom is -0.494 e. The highest BCUT2D eigenvalue weighted by Crippen LogP contribution is 2.23. The van der Waals surface area contributed by atoms with Crippen molar-refractivity contribution < 1.29 is 4.74 Å². The predicted octanol–water partition coefficient (Wildman–Crippen LogP) is 3.30. The Kier molecular flexibility index (Phi) is 7.37. The summed E-state index contributed by atoms with van der Waals surface area (Å²) in [7, 11) is 0. The molecule has 1 saturated heterocycles. The van der Waals surface area contributed by atoms with Crippen LogP contribution in [0, 0.1) is 11.3 Å². The van der Waals surface area contributed by atoms with Crippen LogP contribution in [0.25, 0.3) is 0 Å². The summed E-state index contributed by atoms with van der Waals surface area (Å²) in [6, 6.07) is 8.08. The van der Waals surface area contributed by atoms with Gasteiger partial charge in [0.2, 0.25) is 0 Å². The molecule has 0 spiro atoms. The first-order chi connectivity index (χ1) is 11.7. The van der Waals surface area contributed by atoms with Gasteiger partial charge in [0.05, 0.1) is 6.61 Å². The quantitative estimate of drug-likeness (QED) is 0.594. The van der Waals surface area contributed by atoms with Gasteiger partial charge in [0.1, 0.15) is 5.75 Å². The third kappa shape index (κ3) is 5.13. The minimum absolute atomic E-state index is 0.595. The lowest BCUT2D eigenvalue weighted by molar-refractivity contribution is 0.268. The van der Waals surface area contributed by atoms with Gasteiger partial charge in [-0.1, -0.05) is 13.8 Å². The summed E-state index contributed by atoms with van der Waals surface area (Å²) in [6.07, 6.45) is 4.30. The van der Waals surface area contributed by atoms with Crippen LogP contribution in [0.2, 0.25) is 0 Å². The van der Waals surface area contributed by atoms with E-state index in [-0.39, 0.29) is 0 Å². The third-order valence-electron chi connectivity index (χ3n) is 4.42. The lowest BCUT2D eigenvalue weighted by atomic mass is 10.0. The van der Waals surface area contributed by atoms with Gasteiger partial charge in [0, 0.05) is 25.3 Å². The van der Waals surface area contributed by atoms with Crippen LogP contribution in [0.1, 0.15) is 39.5 Å². The Bertz CT molecular complexity index is 503. The van der Waals surface area contributed by atoms with Crippen LogP contribution in [-0.2, 0) is 0 Å². The number of nitrogens with zero attached hydrogens (tertiary/aromatic N) is 2. The number of guanidine groups is 1. The van der Waals surface area contributed by atoms with E-state index in [9.17, 15) is 0 Å². The summed E-state index contributed by atoms with van der Waals surface area (Å²) >= 11 is 0. The number of rotatable bonds is 7. The molecule has 0 amide bonds. The molecular weight excluding hydrogens is 300 g/mol.